The molecule has 3 aromatic rings. The van der Waals surface area contributed by atoms with Crippen LogP contribution in [0, 0.1) is 0 Å². The van der Waals surface area contributed by atoms with E-state index >= 15 is 0 Å². The van der Waals surface area contributed by atoms with Crippen molar-refractivity contribution in [2.45, 2.75) is 12.8 Å². The van der Waals surface area contributed by atoms with E-state index in [1.54, 1.807) is 18.5 Å². The van der Waals surface area contributed by atoms with Gasteiger partial charge in [-0.1, -0.05) is 18.2 Å². The molecule has 5 nitrogen and oxygen atoms in total. The van der Waals surface area contributed by atoms with Gasteiger partial charge in [0.25, 0.3) is 0 Å². The third-order valence-corrected chi connectivity index (χ3v) is 3.44. The van der Waals surface area contributed by atoms with Gasteiger partial charge in [-0.25, -0.2) is 4.98 Å². The highest BCUT2D eigenvalue weighted by Gasteiger charge is 2.02. The average Bonchev–Trinajstić information content (AvgIpc) is 3.00. The zero-order valence-corrected chi connectivity index (χ0v) is 12.7. The summed E-state index contributed by atoms with van der Waals surface area (Å²) in [5, 5.41) is 2.87. The van der Waals surface area contributed by atoms with Gasteiger partial charge >= 0.3 is 0 Å². The number of para-hydroxylation sites is 2. The van der Waals surface area contributed by atoms with Crippen LogP contribution in [0.4, 0.5) is 0 Å². The standard InChI is InChI=1S/C18H18N4O/c23-18(10-9-14-5-3-11-19-13-14)20-12-4-8-17-21-15-6-1-2-7-16(15)22-17/h1-3,5-7,9-11,13H,4,8,12H2,(H,20,23)(H,21,22)/b10-9+. The highest BCUT2D eigenvalue weighted by molar-refractivity contribution is 5.91. The van der Waals surface area contributed by atoms with Crippen molar-refractivity contribution in [3.05, 3.63) is 66.3 Å². The lowest BCUT2D eigenvalue weighted by Crippen LogP contribution is -2.22. The van der Waals surface area contributed by atoms with Gasteiger partial charge in [0.1, 0.15) is 5.82 Å². The summed E-state index contributed by atoms with van der Waals surface area (Å²) in [6.07, 6.45) is 8.34. The number of rotatable bonds is 6. The van der Waals surface area contributed by atoms with Crippen LogP contribution in [0.25, 0.3) is 17.1 Å². The van der Waals surface area contributed by atoms with Gasteiger partial charge in [-0.3, -0.25) is 9.78 Å². The molecular weight excluding hydrogens is 288 g/mol. The number of aromatic nitrogens is 3. The minimum Gasteiger partial charge on any atom is -0.353 e. The van der Waals surface area contributed by atoms with Crippen LogP contribution in [0.2, 0.25) is 0 Å². The van der Waals surface area contributed by atoms with E-state index in [4.69, 9.17) is 0 Å². The lowest BCUT2D eigenvalue weighted by molar-refractivity contribution is -0.116. The average molecular weight is 306 g/mol. The number of carbonyl (C=O) groups is 1. The van der Waals surface area contributed by atoms with Gasteiger partial charge in [-0.2, -0.15) is 0 Å². The van der Waals surface area contributed by atoms with E-state index in [-0.39, 0.29) is 5.91 Å². The van der Waals surface area contributed by atoms with Crippen molar-refractivity contribution in [2.24, 2.45) is 0 Å². The van der Waals surface area contributed by atoms with E-state index in [1.807, 2.05) is 36.4 Å². The number of nitrogens with zero attached hydrogens (tertiary/aromatic N) is 2. The molecule has 0 radical (unpaired) electrons. The van der Waals surface area contributed by atoms with Crippen molar-refractivity contribution in [3.8, 4) is 0 Å². The van der Waals surface area contributed by atoms with Gasteiger partial charge < -0.3 is 10.3 Å². The summed E-state index contributed by atoms with van der Waals surface area (Å²) in [5.41, 5.74) is 2.93. The van der Waals surface area contributed by atoms with Gasteiger partial charge in [0.2, 0.25) is 5.91 Å². The molecule has 0 aliphatic rings. The van der Waals surface area contributed by atoms with Crippen molar-refractivity contribution >= 4 is 23.0 Å². The van der Waals surface area contributed by atoms with E-state index in [0.717, 1.165) is 35.3 Å². The molecule has 116 valence electrons. The monoisotopic (exact) mass is 306 g/mol. The predicted octanol–water partition coefficient (Wildman–Crippen LogP) is 2.72. The molecule has 0 saturated heterocycles. The number of fused-ring (bicyclic) bond motifs is 1. The number of carbonyl (C=O) groups excluding carboxylic acids is 1. The Balaban J connectivity index is 1.42. The fraction of sp³-hybridized carbons (Fsp3) is 0.167. The lowest BCUT2D eigenvalue weighted by atomic mass is 10.2. The predicted molar refractivity (Wildman–Crippen MR) is 90.7 cm³/mol. The maximum absolute atomic E-state index is 11.7. The van der Waals surface area contributed by atoms with Gasteiger partial charge in [0.05, 0.1) is 11.0 Å². The normalized spacial score (nSPS) is 11.1. The van der Waals surface area contributed by atoms with Crippen LogP contribution in [0.5, 0.6) is 0 Å². The number of nitrogens with one attached hydrogen (secondary N) is 2. The summed E-state index contributed by atoms with van der Waals surface area (Å²) in [4.78, 5) is 23.5. The first-order chi connectivity index (χ1) is 11.3. The summed E-state index contributed by atoms with van der Waals surface area (Å²) in [6, 6.07) is 11.7. The van der Waals surface area contributed by atoms with Crippen LogP contribution in [0.15, 0.2) is 54.9 Å². The molecule has 0 saturated carbocycles. The molecule has 1 aromatic carbocycles. The third-order valence-electron chi connectivity index (χ3n) is 3.44. The van der Waals surface area contributed by atoms with Crippen molar-refractivity contribution < 1.29 is 4.79 Å². The van der Waals surface area contributed by atoms with E-state index in [9.17, 15) is 4.79 Å². The largest absolute Gasteiger partial charge is 0.353 e. The Labute approximate surface area is 134 Å². The van der Waals surface area contributed by atoms with Gasteiger partial charge in [0, 0.05) is 31.4 Å². The molecule has 1 amide bonds. The minimum atomic E-state index is -0.0986. The lowest BCUT2D eigenvalue weighted by Gasteiger charge is -2.00. The fourth-order valence-corrected chi connectivity index (χ4v) is 2.30. The van der Waals surface area contributed by atoms with Crippen LogP contribution >= 0.6 is 0 Å². The second-order valence-electron chi connectivity index (χ2n) is 5.21. The van der Waals surface area contributed by atoms with Gasteiger partial charge in [-0.05, 0) is 36.3 Å². The highest BCUT2D eigenvalue weighted by Crippen LogP contribution is 2.11. The van der Waals surface area contributed by atoms with E-state index in [2.05, 4.69) is 20.3 Å². The minimum absolute atomic E-state index is 0.0986. The zero-order chi connectivity index (χ0) is 15.9. The second kappa shape index (κ2) is 7.35. The van der Waals surface area contributed by atoms with Crippen molar-refractivity contribution in [2.75, 3.05) is 6.54 Å². The number of aromatic amines is 1. The van der Waals surface area contributed by atoms with Crippen molar-refractivity contribution in [1.82, 2.24) is 20.3 Å². The SMILES string of the molecule is O=C(/C=C/c1cccnc1)NCCCc1nc2ccccc2[nH]1. The van der Waals surface area contributed by atoms with E-state index in [1.165, 1.54) is 6.08 Å². The number of hydrogen-bond acceptors (Lipinski definition) is 3. The maximum atomic E-state index is 11.7. The zero-order valence-electron chi connectivity index (χ0n) is 12.7. The molecule has 0 aliphatic carbocycles. The number of H-pyrrole nitrogens is 1. The summed E-state index contributed by atoms with van der Waals surface area (Å²) >= 11 is 0. The summed E-state index contributed by atoms with van der Waals surface area (Å²) in [6.45, 7) is 0.618. The summed E-state index contributed by atoms with van der Waals surface area (Å²) in [7, 11) is 0. The third kappa shape index (κ3) is 4.26. The highest BCUT2D eigenvalue weighted by atomic mass is 16.1. The van der Waals surface area contributed by atoms with Crippen LogP contribution in [0.3, 0.4) is 0 Å². The quantitative estimate of drug-likeness (QED) is 0.543. The second-order valence-corrected chi connectivity index (χ2v) is 5.21. The van der Waals surface area contributed by atoms with E-state index < -0.39 is 0 Å². The fourth-order valence-electron chi connectivity index (χ4n) is 2.30. The Morgan fingerprint density at radius 1 is 1.22 bits per heavy atom. The molecule has 0 spiro atoms. The Morgan fingerprint density at radius 3 is 2.96 bits per heavy atom. The van der Waals surface area contributed by atoms with Crippen molar-refractivity contribution in [3.63, 3.8) is 0 Å². The van der Waals surface area contributed by atoms with Crippen molar-refractivity contribution in [1.29, 1.82) is 0 Å². The molecule has 0 fully saturated rings. The molecule has 3 rings (SSSR count). The molecule has 2 N–H and O–H groups in total. The van der Waals surface area contributed by atoms with Gasteiger partial charge in [0.15, 0.2) is 0 Å². The molecule has 5 heteroatoms. The van der Waals surface area contributed by atoms with Crippen LogP contribution in [-0.2, 0) is 11.2 Å². The summed E-state index contributed by atoms with van der Waals surface area (Å²) < 4.78 is 0. The Kier molecular flexibility index (Phi) is 4.79. The Hall–Kier alpha value is -2.95. The first-order valence-corrected chi connectivity index (χ1v) is 7.61. The maximum Gasteiger partial charge on any atom is 0.244 e. The van der Waals surface area contributed by atoms with E-state index in [0.29, 0.717) is 6.54 Å². The Bertz CT molecular complexity index is 775. The molecular formula is C18H18N4O. The summed E-state index contributed by atoms with van der Waals surface area (Å²) in [5.74, 6) is 0.852. The molecule has 2 aromatic heterocycles. The number of hydrogen-bond donors (Lipinski definition) is 2. The molecule has 0 atom stereocenters. The number of amides is 1. The molecule has 0 aliphatic heterocycles. The van der Waals surface area contributed by atoms with Crippen LogP contribution in [0.1, 0.15) is 17.8 Å². The van der Waals surface area contributed by atoms with Gasteiger partial charge in [-0.15, -0.1) is 0 Å². The number of pyridine rings is 1. The Morgan fingerprint density at radius 2 is 2.13 bits per heavy atom. The number of aryl methyl sites for hydroxylation is 1. The molecule has 2 heterocycles. The van der Waals surface area contributed by atoms with Crippen LogP contribution < -0.4 is 5.32 Å². The topological polar surface area (TPSA) is 70.7 Å². The molecule has 0 bridgehead atoms. The molecule has 23 heavy (non-hydrogen) atoms. The van der Waals surface area contributed by atoms with Crippen LogP contribution in [-0.4, -0.2) is 27.4 Å². The number of benzene rings is 1. The smallest absolute Gasteiger partial charge is 0.244 e. The number of imidazole rings is 1. The first kappa shape index (κ1) is 15.0. The molecule has 0 unspecified atom stereocenters. The first-order valence-electron chi connectivity index (χ1n) is 7.61.